The predicted octanol–water partition coefficient (Wildman–Crippen LogP) is 3.04. The van der Waals surface area contributed by atoms with Gasteiger partial charge in [0, 0.05) is 19.1 Å². The molecular formula is C11H16Br2N2O2S2. The van der Waals surface area contributed by atoms with Gasteiger partial charge in [-0.05, 0) is 57.3 Å². The predicted molar refractivity (Wildman–Crippen MR) is 85.2 cm³/mol. The molecule has 1 fully saturated rings. The van der Waals surface area contributed by atoms with Gasteiger partial charge in [0.25, 0.3) is 0 Å². The Kier molecular flexibility index (Phi) is 5.47. The van der Waals surface area contributed by atoms with Crippen LogP contribution < -0.4 is 5.32 Å². The van der Waals surface area contributed by atoms with Crippen molar-refractivity contribution < 1.29 is 8.42 Å². The minimum absolute atomic E-state index is 0.0503. The highest BCUT2D eigenvalue weighted by Gasteiger charge is 2.33. The molecule has 8 heteroatoms. The van der Waals surface area contributed by atoms with Crippen molar-refractivity contribution >= 4 is 53.2 Å². The first kappa shape index (κ1) is 15.9. The van der Waals surface area contributed by atoms with Crippen LogP contribution in [0, 0.1) is 0 Å². The highest BCUT2D eigenvalue weighted by molar-refractivity contribution is 9.12. The van der Waals surface area contributed by atoms with E-state index in [-0.39, 0.29) is 6.04 Å². The number of piperidine rings is 1. The fraction of sp³-hybridized carbons (Fsp3) is 0.636. The van der Waals surface area contributed by atoms with E-state index in [1.807, 2.05) is 6.92 Å². The molecule has 1 aromatic rings. The number of rotatable bonds is 4. The van der Waals surface area contributed by atoms with Crippen LogP contribution in [0.1, 0.15) is 19.8 Å². The molecule has 1 atom stereocenters. The summed E-state index contributed by atoms with van der Waals surface area (Å²) in [6, 6.07) is 1.72. The van der Waals surface area contributed by atoms with Crippen molar-refractivity contribution in [2.75, 3.05) is 19.6 Å². The van der Waals surface area contributed by atoms with E-state index in [4.69, 9.17) is 0 Å². The summed E-state index contributed by atoms with van der Waals surface area (Å²) >= 11 is 8.06. The maximum atomic E-state index is 12.8. The van der Waals surface area contributed by atoms with Crippen LogP contribution in [0.25, 0.3) is 0 Å². The van der Waals surface area contributed by atoms with Gasteiger partial charge in [0.05, 0.1) is 7.57 Å². The summed E-state index contributed by atoms with van der Waals surface area (Å²) in [4.78, 5) is 0.358. The zero-order valence-electron chi connectivity index (χ0n) is 10.5. The summed E-state index contributed by atoms with van der Waals surface area (Å²) in [5.41, 5.74) is 0. The zero-order chi connectivity index (χ0) is 14.0. The summed E-state index contributed by atoms with van der Waals surface area (Å²) in [5.74, 6) is 0. The van der Waals surface area contributed by atoms with Crippen molar-refractivity contribution in [2.45, 2.75) is 30.7 Å². The van der Waals surface area contributed by atoms with Gasteiger partial charge in [0.15, 0.2) is 0 Å². The molecule has 0 aliphatic carbocycles. The standard InChI is InChI=1S/C11H16Br2N2O2S2/c1-2-15(8-4-3-5-14-7-8)19(16,17)9-6-10(12)18-11(9)13/h6,8,14H,2-5,7H2,1H3. The number of halogens is 2. The van der Waals surface area contributed by atoms with Crippen LogP contribution in [0.5, 0.6) is 0 Å². The minimum atomic E-state index is -3.43. The fourth-order valence-electron chi connectivity index (χ4n) is 2.33. The molecular weight excluding hydrogens is 416 g/mol. The van der Waals surface area contributed by atoms with Gasteiger partial charge < -0.3 is 5.32 Å². The topological polar surface area (TPSA) is 49.4 Å². The molecule has 0 bridgehead atoms. The lowest BCUT2D eigenvalue weighted by Gasteiger charge is -2.32. The van der Waals surface area contributed by atoms with Crippen LogP contribution >= 0.6 is 43.2 Å². The number of sulfonamides is 1. The third-order valence-corrected chi connectivity index (χ3v) is 7.98. The SMILES string of the molecule is CCN(C1CCCNC1)S(=O)(=O)c1cc(Br)sc1Br. The van der Waals surface area contributed by atoms with Crippen molar-refractivity contribution in [2.24, 2.45) is 0 Å². The maximum Gasteiger partial charge on any atom is 0.245 e. The number of nitrogens with one attached hydrogen (secondary N) is 1. The average molecular weight is 432 g/mol. The third-order valence-electron chi connectivity index (χ3n) is 3.20. The summed E-state index contributed by atoms with van der Waals surface area (Å²) in [6.07, 6.45) is 1.94. The number of likely N-dealkylation sites (N-methyl/N-ethyl adjacent to an activating group) is 1. The van der Waals surface area contributed by atoms with Crippen LogP contribution in [0.2, 0.25) is 0 Å². The molecule has 0 saturated carbocycles. The number of hydrogen-bond acceptors (Lipinski definition) is 4. The van der Waals surface area contributed by atoms with E-state index in [9.17, 15) is 8.42 Å². The Hall–Kier alpha value is 0.530. The van der Waals surface area contributed by atoms with Crippen LogP contribution in [0.4, 0.5) is 0 Å². The fourth-order valence-corrected chi connectivity index (χ4v) is 7.76. The van der Waals surface area contributed by atoms with Crippen LogP contribution in [0.3, 0.4) is 0 Å². The Bertz CT molecular complexity index is 539. The lowest BCUT2D eigenvalue weighted by atomic mass is 10.1. The van der Waals surface area contributed by atoms with Gasteiger partial charge in [-0.25, -0.2) is 8.42 Å². The molecule has 1 aliphatic rings. The Morgan fingerprint density at radius 1 is 1.53 bits per heavy atom. The first-order valence-electron chi connectivity index (χ1n) is 6.14. The van der Waals surface area contributed by atoms with Crippen molar-refractivity contribution in [3.05, 3.63) is 13.6 Å². The molecule has 1 aliphatic heterocycles. The molecule has 0 amide bonds. The van der Waals surface area contributed by atoms with Gasteiger partial charge in [-0.1, -0.05) is 6.92 Å². The first-order valence-corrected chi connectivity index (χ1v) is 9.98. The second-order valence-corrected chi connectivity index (χ2v) is 10.0. The highest BCUT2D eigenvalue weighted by atomic mass is 79.9. The zero-order valence-corrected chi connectivity index (χ0v) is 15.3. The van der Waals surface area contributed by atoms with Crippen molar-refractivity contribution in [1.29, 1.82) is 0 Å². The van der Waals surface area contributed by atoms with Crippen LogP contribution in [0.15, 0.2) is 18.5 Å². The second-order valence-electron chi connectivity index (χ2n) is 4.40. The number of nitrogens with zero attached hydrogens (tertiary/aromatic N) is 1. The van der Waals surface area contributed by atoms with E-state index in [0.717, 1.165) is 29.7 Å². The average Bonchev–Trinajstić information content (AvgIpc) is 2.71. The van der Waals surface area contributed by atoms with Gasteiger partial charge >= 0.3 is 0 Å². The van der Waals surface area contributed by atoms with Crippen molar-refractivity contribution in [3.8, 4) is 0 Å². The maximum absolute atomic E-state index is 12.8. The summed E-state index contributed by atoms with van der Waals surface area (Å²) < 4.78 is 28.6. The van der Waals surface area contributed by atoms with Gasteiger partial charge in [0.2, 0.25) is 10.0 Å². The van der Waals surface area contributed by atoms with Gasteiger partial charge in [-0.15, -0.1) is 11.3 Å². The van der Waals surface area contributed by atoms with Gasteiger partial charge in [-0.3, -0.25) is 0 Å². The van der Waals surface area contributed by atoms with Gasteiger partial charge in [-0.2, -0.15) is 4.31 Å². The number of thiophene rings is 1. The normalized spacial score (nSPS) is 20.9. The second kappa shape index (κ2) is 6.53. The molecule has 1 N–H and O–H groups in total. The Balaban J connectivity index is 2.32. The van der Waals surface area contributed by atoms with E-state index < -0.39 is 10.0 Å². The lowest BCUT2D eigenvalue weighted by Crippen LogP contribution is -2.48. The molecule has 0 spiro atoms. The van der Waals surface area contributed by atoms with E-state index in [2.05, 4.69) is 37.2 Å². The smallest absolute Gasteiger partial charge is 0.245 e. The van der Waals surface area contributed by atoms with Crippen LogP contribution in [-0.4, -0.2) is 38.4 Å². The summed E-state index contributed by atoms with van der Waals surface area (Å²) in [6.45, 7) is 4.09. The first-order chi connectivity index (χ1) is 8.96. The molecule has 0 radical (unpaired) electrons. The summed E-state index contributed by atoms with van der Waals surface area (Å²) in [7, 11) is -3.43. The molecule has 0 aromatic carbocycles. The largest absolute Gasteiger partial charge is 0.315 e. The molecule has 2 heterocycles. The molecule has 108 valence electrons. The quantitative estimate of drug-likeness (QED) is 0.796. The Morgan fingerprint density at radius 3 is 2.74 bits per heavy atom. The molecule has 4 nitrogen and oxygen atoms in total. The summed E-state index contributed by atoms with van der Waals surface area (Å²) in [5, 5.41) is 3.27. The Labute approximate surface area is 134 Å². The monoisotopic (exact) mass is 430 g/mol. The molecule has 2 rings (SSSR count). The van der Waals surface area contributed by atoms with Crippen LogP contribution in [-0.2, 0) is 10.0 Å². The minimum Gasteiger partial charge on any atom is -0.315 e. The highest BCUT2D eigenvalue weighted by Crippen LogP contribution is 2.37. The molecule has 1 aromatic heterocycles. The third kappa shape index (κ3) is 3.41. The molecule has 1 saturated heterocycles. The van der Waals surface area contributed by atoms with E-state index in [1.54, 1.807) is 10.4 Å². The molecule has 1 unspecified atom stereocenters. The van der Waals surface area contributed by atoms with Gasteiger partial charge in [0.1, 0.15) is 4.90 Å². The Morgan fingerprint density at radius 2 is 2.26 bits per heavy atom. The van der Waals surface area contributed by atoms with E-state index in [1.165, 1.54) is 11.3 Å². The van der Waals surface area contributed by atoms with Crippen molar-refractivity contribution in [1.82, 2.24) is 9.62 Å². The molecule has 19 heavy (non-hydrogen) atoms. The van der Waals surface area contributed by atoms with Crippen molar-refractivity contribution in [3.63, 3.8) is 0 Å². The number of hydrogen-bond donors (Lipinski definition) is 1. The lowest BCUT2D eigenvalue weighted by molar-refractivity contribution is 0.274. The van der Waals surface area contributed by atoms with E-state index in [0.29, 0.717) is 15.2 Å². The van der Waals surface area contributed by atoms with E-state index >= 15 is 0 Å².